The Morgan fingerprint density at radius 1 is 0.952 bits per heavy atom. The van der Waals surface area contributed by atoms with E-state index in [-0.39, 0.29) is 35.5 Å². The molecule has 0 spiro atoms. The van der Waals surface area contributed by atoms with Gasteiger partial charge in [-0.15, -0.1) is 0 Å². The van der Waals surface area contributed by atoms with Gasteiger partial charge < -0.3 is 0 Å². The molecule has 2 bridgehead atoms. The summed E-state index contributed by atoms with van der Waals surface area (Å²) in [5.41, 5.74) is 0.690. The van der Waals surface area contributed by atoms with Crippen LogP contribution in [0, 0.1) is 35.5 Å². The lowest BCUT2D eigenvalue weighted by Crippen LogP contribution is -2.40. The van der Waals surface area contributed by atoms with E-state index in [4.69, 9.17) is 0 Å². The molecule has 106 valence electrons. The van der Waals surface area contributed by atoms with E-state index in [0.29, 0.717) is 17.5 Å². The standard InChI is InChI=1S/C17H14BrNO2/c18-12-3-1-2-4-13(12)19-16(20)14-8-5-6-9(11-7-10(8)11)15(14)17(19)21/h1-6,8-11,14-15H,7H2/t8-,9+,10+,11-,14+,15-. The van der Waals surface area contributed by atoms with Crippen LogP contribution in [0.2, 0.25) is 0 Å². The smallest absolute Gasteiger partial charge is 0.238 e. The van der Waals surface area contributed by atoms with Crippen LogP contribution in [0.4, 0.5) is 5.69 Å². The number of anilines is 1. The predicted octanol–water partition coefficient (Wildman–Crippen LogP) is 3.01. The molecule has 2 amide bonds. The van der Waals surface area contributed by atoms with Gasteiger partial charge in [-0.2, -0.15) is 0 Å². The van der Waals surface area contributed by atoms with Gasteiger partial charge in [0.2, 0.25) is 11.8 Å². The highest BCUT2D eigenvalue weighted by Gasteiger charge is 2.67. The Morgan fingerprint density at radius 2 is 1.52 bits per heavy atom. The third-order valence-corrected chi connectivity index (χ3v) is 6.43. The maximum absolute atomic E-state index is 12.9. The van der Waals surface area contributed by atoms with E-state index in [1.807, 2.05) is 24.3 Å². The number of hydrogen-bond donors (Lipinski definition) is 0. The highest BCUT2D eigenvalue weighted by molar-refractivity contribution is 9.10. The van der Waals surface area contributed by atoms with Gasteiger partial charge in [-0.05, 0) is 58.2 Å². The van der Waals surface area contributed by atoms with Crippen LogP contribution in [-0.4, -0.2) is 11.8 Å². The number of para-hydroxylation sites is 1. The van der Waals surface area contributed by atoms with Crippen LogP contribution in [0.25, 0.3) is 0 Å². The van der Waals surface area contributed by atoms with E-state index in [9.17, 15) is 9.59 Å². The number of carbonyl (C=O) groups excluding carboxylic acids is 2. The van der Waals surface area contributed by atoms with Crippen molar-refractivity contribution in [1.29, 1.82) is 0 Å². The lowest BCUT2D eigenvalue weighted by atomic mass is 9.63. The Morgan fingerprint density at radius 3 is 2.10 bits per heavy atom. The van der Waals surface area contributed by atoms with Crippen LogP contribution in [0.1, 0.15) is 6.42 Å². The number of hydrogen-bond acceptors (Lipinski definition) is 2. The van der Waals surface area contributed by atoms with Crippen molar-refractivity contribution in [2.24, 2.45) is 35.5 Å². The summed E-state index contributed by atoms with van der Waals surface area (Å²) >= 11 is 3.47. The van der Waals surface area contributed by atoms with E-state index in [1.54, 1.807) is 0 Å². The number of allylic oxidation sites excluding steroid dienone is 2. The number of nitrogens with zero attached hydrogens (tertiary/aromatic N) is 1. The molecule has 1 heterocycles. The summed E-state index contributed by atoms with van der Waals surface area (Å²) in [5.74, 6) is 1.63. The minimum atomic E-state index is -0.122. The SMILES string of the molecule is O=C1[C@@H]2[C@H]3C=C[C@H]([C@@H]4C[C@H]34)[C@@H]2C(=O)N1c1ccccc1Br. The van der Waals surface area contributed by atoms with E-state index in [2.05, 4.69) is 28.1 Å². The molecule has 2 saturated carbocycles. The van der Waals surface area contributed by atoms with Gasteiger partial charge >= 0.3 is 0 Å². The maximum Gasteiger partial charge on any atom is 0.238 e. The second kappa shape index (κ2) is 3.86. The third-order valence-electron chi connectivity index (χ3n) is 5.76. The average Bonchev–Trinajstić information content (AvgIpc) is 3.26. The van der Waals surface area contributed by atoms with E-state index < -0.39 is 0 Å². The van der Waals surface area contributed by atoms with E-state index >= 15 is 0 Å². The van der Waals surface area contributed by atoms with Crippen molar-refractivity contribution >= 4 is 33.4 Å². The first-order valence-corrected chi connectivity index (χ1v) is 8.28. The van der Waals surface area contributed by atoms with Crippen molar-refractivity contribution in [3.8, 4) is 0 Å². The summed E-state index contributed by atoms with van der Waals surface area (Å²) in [4.78, 5) is 27.2. The first-order valence-electron chi connectivity index (χ1n) is 7.49. The highest BCUT2D eigenvalue weighted by Crippen LogP contribution is 2.65. The summed E-state index contributed by atoms with van der Waals surface area (Å²) in [6, 6.07) is 7.48. The van der Waals surface area contributed by atoms with Crippen molar-refractivity contribution < 1.29 is 9.59 Å². The summed E-state index contributed by atoms with van der Waals surface area (Å²) in [5, 5.41) is 0. The fraction of sp³-hybridized carbons (Fsp3) is 0.412. The maximum atomic E-state index is 12.9. The summed E-state index contributed by atoms with van der Waals surface area (Å²) in [6.45, 7) is 0. The van der Waals surface area contributed by atoms with Gasteiger partial charge in [0.1, 0.15) is 0 Å². The van der Waals surface area contributed by atoms with E-state index in [0.717, 1.165) is 4.47 Å². The van der Waals surface area contributed by atoms with Crippen molar-refractivity contribution in [2.45, 2.75) is 6.42 Å². The molecule has 1 aromatic rings. The van der Waals surface area contributed by atoms with Crippen LogP contribution >= 0.6 is 15.9 Å². The molecule has 4 heteroatoms. The Labute approximate surface area is 131 Å². The molecular formula is C17H14BrNO2. The van der Waals surface area contributed by atoms with Crippen molar-refractivity contribution in [3.05, 3.63) is 40.9 Å². The molecule has 4 aliphatic carbocycles. The third kappa shape index (κ3) is 1.39. The molecule has 0 aromatic heterocycles. The second-order valence-electron chi connectivity index (χ2n) is 6.62. The summed E-state index contributed by atoms with van der Waals surface area (Å²) in [6.07, 6.45) is 5.61. The molecule has 0 radical (unpaired) electrons. The van der Waals surface area contributed by atoms with Crippen LogP contribution < -0.4 is 4.90 Å². The van der Waals surface area contributed by atoms with E-state index in [1.165, 1.54) is 11.3 Å². The van der Waals surface area contributed by atoms with Gasteiger partial charge in [-0.1, -0.05) is 24.3 Å². The molecule has 5 aliphatic rings. The number of carbonyl (C=O) groups is 2. The van der Waals surface area contributed by atoms with Gasteiger partial charge in [0, 0.05) is 4.47 Å². The molecule has 1 aromatic carbocycles. The Bertz CT molecular complexity index is 676. The first-order chi connectivity index (χ1) is 10.2. The van der Waals surface area contributed by atoms with Crippen molar-refractivity contribution in [1.82, 2.24) is 0 Å². The van der Waals surface area contributed by atoms with Gasteiger partial charge in [-0.3, -0.25) is 9.59 Å². The number of amides is 2. The Hall–Kier alpha value is -1.42. The van der Waals surface area contributed by atoms with Crippen LogP contribution in [0.15, 0.2) is 40.9 Å². The molecule has 6 rings (SSSR count). The fourth-order valence-electron chi connectivity index (χ4n) is 4.83. The number of benzene rings is 1. The number of halogens is 1. The summed E-state index contributed by atoms with van der Waals surface area (Å²) < 4.78 is 0.802. The molecule has 21 heavy (non-hydrogen) atoms. The quantitative estimate of drug-likeness (QED) is 0.580. The first kappa shape index (κ1) is 12.2. The zero-order valence-electron chi connectivity index (χ0n) is 11.3. The molecule has 0 unspecified atom stereocenters. The van der Waals surface area contributed by atoms with Gasteiger partial charge in [0.05, 0.1) is 17.5 Å². The Kier molecular flexibility index (Phi) is 2.23. The zero-order chi connectivity index (χ0) is 14.3. The molecule has 3 fully saturated rings. The largest absolute Gasteiger partial charge is 0.274 e. The van der Waals surface area contributed by atoms with Crippen LogP contribution in [-0.2, 0) is 9.59 Å². The minimum absolute atomic E-state index is 0.00148. The summed E-state index contributed by atoms with van der Waals surface area (Å²) in [7, 11) is 0. The lowest BCUT2D eigenvalue weighted by Gasteiger charge is -2.37. The molecule has 1 saturated heterocycles. The van der Waals surface area contributed by atoms with Crippen LogP contribution in [0.3, 0.4) is 0 Å². The molecule has 6 atom stereocenters. The lowest BCUT2D eigenvalue weighted by molar-refractivity contribution is -0.124. The highest BCUT2D eigenvalue weighted by atomic mass is 79.9. The fourth-order valence-corrected chi connectivity index (χ4v) is 5.29. The Balaban J connectivity index is 1.62. The normalized spacial score (nSPS) is 42.2. The minimum Gasteiger partial charge on any atom is -0.274 e. The average molecular weight is 344 g/mol. The van der Waals surface area contributed by atoms with Crippen molar-refractivity contribution in [3.63, 3.8) is 0 Å². The second-order valence-corrected chi connectivity index (χ2v) is 7.47. The van der Waals surface area contributed by atoms with Crippen LogP contribution in [0.5, 0.6) is 0 Å². The molecule has 1 aliphatic heterocycles. The predicted molar refractivity (Wildman–Crippen MR) is 81.3 cm³/mol. The van der Waals surface area contributed by atoms with Crippen molar-refractivity contribution in [2.75, 3.05) is 4.90 Å². The molecule has 0 N–H and O–H groups in total. The zero-order valence-corrected chi connectivity index (χ0v) is 12.9. The number of imide groups is 1. The number of rotatable bonds is 1. The van der Waals surface area contributed by atoms with Gasteiger partial charge in [0.15, 0.2) is 0 Å². The molecule has 3 nitrogen and oxygen atoms in total. The van der Waals surface area contributed by atoms with Gasteiger partial charge in [-0.25, -0.2) is 4.90 Å². The topological polar surface area (TPSA) is 37.4 Å². The van der Waals surface area contributed by atoms with Gasteiger partial charge in [0.25, 0.3) is 0 Å². The molecular weight excluding hydrogens is 330 g/mol. The monoisotopic (exact) mass is 343 g/mol.